The standard InChI is InChI=1S/C13H19N5O2/c1-7-4-18(6-9(7)19)5-8-3-15-11-10(8)16-13(14-2)17-12(11)20/h3,7,9,15,19H,4-6H2,1-2H3,(H2,14,16,17,20). The molecule has 2 aromatic rings. The topological polar surface area (TPSA) is 97.0 Å². The Hall–Kier alpha value is -1.86. The number of H-pyrrole nitrogens is 2. The number of aromatic amines is 2. The Morgan fingerprint density at radius 1 is 1.55 bits per heavy atom. The molecule has 0 aromatic carbocycles. The highest BCUT2D eigenvalue weighted by Gasteiger charge is 2.28. The maximum atomic E-state index is 11.9. The summed E-state index contributed by atoms with van der Waals surface area (Å²) in [5, 5.41) is 12.7. The van der Waals surface area contributed by atoms with E-state index >= 15 is 0 Å². The van der Waals surface area contributed by atoms with Crippen LogP contribution < -0.4 is 10.9 Å². The number of aromatic nitrogens is 3. The van der Waals surface area contributed by atoms with Crippen LogP contribution in [0, 0.1) is 5.92 Å². The summed E-state index contributed by atoms with van der Waals surface area (Å²) in [4.78, 5) is 24.1. The van der Waals surface area contributed by atoms with Crippen LogP contribution in [0.1, 0.15) is 12.5 Å². The van der Waals surface area contributed by atoms with Gasteiger partial charge in [-0.2, -0.15) is 0 Å². The number of anilines is 1. The molecule has 0 saturated carbocycles. The first kappa shape index (κ1) is 13.1. The summed E-state index contributed by atoms with van der Waals surface area (Å²) in [7, 11) is 1.72. The van der Waals surface area contributed by atoms with E-state index in [0.29, 0.717) is 30.1 Å². The first-order valence-corrected chi connectivity index (χ1v) is 6.77. The maximum absolute atomic E-state index is 11.9. The lowest BCUT2D eigenvalue weighted by Crippen LogP contribution is -2.21. The minimum Gasteiger partial charge on any atom is -0.391 e. The molecule has 0 aliphatic carbocycles. The van der Waals surface area contributed by atoms with Gasteiger partial charge in [-0.1, -0.05) is 6.92 Å². The van der Waals surface area contributed by atoms with Crippen LogP contribution in [0.4, 0.5) is 5.95 Å². The van der Waals surface area contributed by atoms with E-state index < -0.39 is 0 Å². The summed E-state index contributed by atoms with van der Waals surface area (Å²) >= 11 is 0. The maximum Gasteiger partial charge on any atom is 0.276 e. The van der Waals surface area contributed by atoms with E-state index in [4.69, 9.17) is 0 Å². The number of aliphatic hydroxyl groups excluding tert-OH is 1. The molecule has 20 heavy (non-hydrogen) atoms. The van der Waals surface area contributed by atoms with Crippen molar-refractivity contribution in [2.75, 3.05) is 25.5 Å². The third-order valence-electron chi connectivity index (χ3n) is 3.89. The van der Waals surface area contributed by atoms with Crippen LogP contribution in [0.2, 0.25) is 0 Å². The Bertz CT molecular complexity index is 667. The molecule has 1 aliphatic rings. The zero-order valence-corrected chi connectivity index (χ0v) is 11.6. The zero-order valence-electron chi connectivity index (χ0n) is 11.6. The van der Waals surface area contributed by atoms with Crippen LogP contribution in [0.3, 0.4) is 0 Å². The number of rotatable bonds is 3. The van der Waals surface area contributed by atoms with Gasteiger partial charge in [0.1, 0.15) is 11.0 Å². The minimum atomic E-state index is -0.274. The highest BCUT2D eigenvalue weighted by Crippen LogP contribution is 2.21. The second-order valence-corrected chi connectivity index (χ2v) is 5.44. The first-order valence-electron chi connectivity index (χ1n) is 6.77. The van der Waals surface area contributed by atoms with Crippen molar-refractivity contribution in [1.29, 1.82) is 0 Å². The van der Waals surface area contributed by atoms with Crippen LogP contribution in [0.15, 0.2) is 11.0 Å². The largest absolute Gasteiger partial charge is 0.391 e. The van der Waals surface area contributed by atoms with Gasteiger partial charge in [-0.05, 0) is 5.92 Å². The lowest BCUT2D eigenvalue weighted by molar-refractivity contribution is 0.147. The fourth-order valence-electron chi connectivity index (χ4n) is 2.72. The summed E-state index contributed by atoms with van der Waals surface area (Å²) in [5.41, 5.74) is 1.98. The van der Waals surface area contributed by atoms with Crippen molar-refractivity contribution in [3.8, 4) is 0 Å². The lowest BCUT2D eigenvalue weighted by atomic mass is 10.1. The van der Waals surface area contributed by atoms with Gasteiger partial charge in [-0.25, -0.2) is 4.98 Å². The van der Waals surface area contributed by atoms with Gasteiger partial charge in [0.05, 0.1) is 6.10 Å². The predicted octanol–water partition coefficient (Wildman–Crippen LogP) is 0.105. The van der Waals surface area contributed by atoms with Gasteiger partial charge >= 0.3 is 0 Å². The lowest BCUT2D eigenvalue weighted by Gasteiger charge is -2.13. The Kier molecular flexibility index (Phi) is 3.23. The van der Waals surface area contributed by atoms with E-state index in [1.165, 1.54) is 0 Å². The average Bonchev–Trinajstić information content (AvgIpc) is 2.95. The van der Waals surface area contributed by atoms with Crippen LogP contribution in [-0.4, -0.2) is 51.2 Å². The molecule has 0 amide bonds. The van der Waals surface area contributed by atoms with Crippen molar-refractivity contribution < 1.29 is 5.11 Å². The molecular weight excluding hydrogens is 258 g/mol. The molecule has 3 rings (SSSR count). The van der Waals surface area contributed by atoms with E-state index in [1.807, 2.05) is 13.1 Å². The second-order valence-electron chi connectivity index (χ2n) is 5.44. The smallest absolute Gasteiger partial charge is 0.276 e. The number of likely N-dealkylation sites (tertiary alicyclic amines) is 1. The molecule has 1 fully saturated rings. The molecule has 108 valence electrons. The van der Waals surface area contributed by atoms with Crippen molar-refractivity contribution in [2.24, 2.45) is 5.92 Å². The van der Waals surface area contributed by atoms with Gasteiger partial charge in [-0.3, -0.25) is 14.7 Å². The number of nitrogens with zero attached hydrogens (tertiary/aromatic N) is 2. The molecule has 4 N–H and O–H groups in total. The minimum absolute atomic E-state index is 0.180. The monoisotopic (exact) mass is 277 g/mol. The molecule has 7 nitrogen and oxygen atoms in total. The van der Waals surface area contributed by atoms with E-state index in [1.54, 1.807) is 7.05 Å². The predicted molar refractivity (Wildman–Crippen MR) is 76.7 cm³/mol. The normalized spacial score (nSPS) is 23.6. The molecule has 2 atom stereocenters. The Morgan fingerprint density at radius 2 is 2.35 bits per heavy atom. The van der Waals surface area contributed by atoms with Gasteiger partial charge < -0.3 is 15.4 Å². The van der Waals surface area contributed by atoms with Gasteiger partial charge in [0.15, 0.2) is 0 Å². The molecule has 1 aliphatic heterocycles. The van der Waals surface area contributed by atoms with Crippen molar-refractivity contribution in [2.45, 2.75) is 19.6 Å². The fourth-order valence-corrected chi connectivity index (χ4v) is 2.72. The van der Waals surface area contributed by atoms with E-state index in [0.717, 1.165) is 12.1 Å². The second kappa shape index (κ2) is 4.92. The van der Waals surface area contributed by atoms with E-state index in [-0.39, 0.29) is 17.6 Å². The van der Waals surface area contributed by atoms with Crippen LogP contribution in [0.5, 0.6) is 0 Å². The molecule has 7 heteroatoms. The van der Waals surface area contributed by atoms with Crippen molar-refractivity contribution >= 4 is 17.0 Å². The Morgan fingerprint density at radius 3 is 3.00 bits per heavy atom. The van der Waals surface area contributed by atoms with Gasteiger partial charge in [0.2, 0.25) is 5.95 Å². The van der Waals surface area contributed by atoms with Crippen LogP contribution in [0.25, 0.3) is 11.0 Å². The third kappa shape index (κ3) is 2.19. The number of β-amino-alcohol motifs (C(OH)–C–C–N with tert-alkyl or cyclic N) is 1. The summed E-state index contributed by atoms with van der Waals surface area (Å²) in [6.07, 6.45) is 1.55. The number of hydrogen-bond donors (Lipinski definition) is 4. The van der Waals surface area contributed by atoms with Crippen LogP contribution in [-0.2, 0) is 6.54 Å². The highest BCUT2D eigenvalue weighted by molar-refractivity contribution is 5.78. The van der Waals surface area contributed by atoms with Crippen molar-refractivity contribution in [3.63, 3.8) is 0 Å². The zero-order chi connectivity index (χ0) is 14.3. The Balaban J connectivity index is 1.92. The molecular formula is C13H19N5O2. The van der Waals surface area contributed by atoms with E-state index in [9.17, 15) is 9.90 Å². The summed E-state index contributed by atoms with van der Waals surface area (Å²) < 4.78 is 0. The molecule has 0 spiro atoms. The fraction of sp³-hybridized carbons (Fsp3) is 0.538. The summed E-state index contributed by atoms with van der Waals surface area (Å²) in [6.45, 7) is 4.24. The summed E-state index contributed by atoms with van der Waals surface area (Å²) in [5.74, 6) is 0.739. The molecule has 2 aromatic heterocycles. The quantitative estimate of drug-likeness (QED) is 0.638. The Labute approximate surface area is 116 Å². The molecule has 3 heterocycles. The van der Waals surface area contributed by atoms with Crippen LogP contribution >= 0.6 is 0 Å². The van der Waals surface area contributed by atoms with Gasteiger partial charge in [0.25, 0.3) is 5.56 Å². The number of aliphatic hydroxyl groups is 1. The highest BCUT2D eigenvalue weighted by atomic mass is 16.3. The number of nitrogens with one attached hydrogen (secondary N) is 3. The van der Waals surface area contributed by atoms with Crippen molar-refractivity contribution in [3.05, 3.63) is 22.1 Å². The average molecular weight is 277 g/mol. The molecule has 1 saturated heterocycles. The molecule has 2 unspecified atom stereocenters. The number of fused-ring (bicyclic) bond motifs is 1. The SMILES string of the molecule is CNc1nc2c(CN3CC(C)C(O)C3)c[nH]c2c(=O)[nH]1. The molecule has 0 bridgehead atoms. The third-order valence-corrected chi connectivity index (χ3v) is 3.89. The first-order chi connectivity index (χ1) is 9.58. The van der Waals surface area contributed by atoms with Crippen molar-refractivity contribution in [1.82, 2.24) is 19.9 Å². The van der Waals surface area contributed by atoms with Gasteiger partial charge in [-0.15, -0.1) is 0 Å². The van der Waals surface area contributed by atoms with Gasteiger partial charge in [0, 0.05) is 38.4 Å². The summed E-state index contributed by atoms with van der Waals surface area (Å²) in [6, 6.07) is 0. The molecule has 0 radical (unpaired) electrons. The number of hydrogen-bond acceptors (Lipinski definition) is 5. The van der Waals surface area contributed by atoms with E-state index in [2.05, 4.69) is 25.2 Å².